The Morgan fingerprint density at radius 1 is 1.26 bits per heavy atom. The van der Waals surface area contributed by atoms with Gasteiger partial charge >= 0.3 is 0 Å². The van der Waals surface area contributed by atoms with Crippen molar-refractivity contribution >= 4 is 52.1 Å². The van der Waals surface area contributed by atoms with Gasteiger partial charge in [0.2, 0.25) is 5.91 Å². The van der Waals surface area contributed by atoms with Crippen LogP contribution in [0.2, 0.25) is 0 Å². The van der Waals surface area contributed by atoms with E-state index in [1.54, 1.807) is 41.6 Å². The molecule has 31 heavy (non-hydrogen) atoms. The van der Waals surface area contributed by atoms with Gasteiger partial charge in [0.25, 0.3) is 17.1 Å². The summed E-state index contributed by atoms with van der Waals surface area (Å²) in [5.74, 6) is -0.789. The van der Waals surface area contributed by atoms with Crippen LogP contribution in [0.15, 0.2) is 46.9 Å². The smallest absolute Gasteiger partial charge is 0.293 e. The van der Waals surface area contributed by atoms with Crippen molar-refractivity contribution in [2.75, 3.05) is 19.6 Å². The highest BCUT2D eigenvalue weighted by Crippen LogP contribution is 2.31. The molecule has 2 aliphatic rings. The van der Waals surface area contributed by atoms with Crippen LogP contribution in [0.25, 0.3) is 6.08 Å². The van der Waals surface area contributed by atoms with Crippen LogP contribution in [0.1, 0.15) is 28.1 Å². The highest BCUT2D eigenvalue weighted by Gasteiger charge is 2.36. The zero-order chi connectivity index (χ0) is 21.8. The van der Waals surface area contributed by atoms with Crippen LogP contribution >= 0.6 is 23.1 Å². The minimum Gasteiger partial charge on any atom is -0.353 e. The molecule has 0 unspecified atom stereocenters. The summed E-state index contributed by atoms with van der Waals surface area (Å²) in [5, 5.41) is 4.23. The average molecular weight is 457 g/mol. The molecular formula is C21H20N4O4S2. The predicted molar refractivity (Wildman–Crippen MR) is 118 cm³/mol. The molecule has 8 nitrogen and oxygen atoms in total. The van der Waals surface area contributed by atoms with Crippen molar-refractivity contribution in [3.8, 4) is 0 Å². The molecule has 0 aromatic carbocycles. The average Bonchev–Trinajstić information content (AvgIpc) is 3.52. The molecule has 0 aliphatic carbocycles. The molecule has 2 aromatic heterocycles. The standard InChI is InChI=1S/C21H20N4O4S2/c26-18(15-5-2-9-24(15)19(27)16-6-3-11-30-16)23-8-10-25-20(28)17(31-21(25)29)12-14-4-1-7-22-13-14/h1,3-4,6-7,11-13,15H,2,5,8-10H2,(H,23,26)/b17-12+/t15-/m0/s1. The lowest BCUT2D eigenvalue weighted by Crippen LogP contribution is -2.47. The summed E-state index contributed by atoms with van der Waals surface area (Å²) in [6, 6.07) is 6.57. The monoisotopic (exact) mass is 456 g/mol. The Morgan fingerprint density at radius 2 is 2.13 bits per heavy atom. The maximum absolute atomic E-state index is 12.7. The van der Waals surface area contributed by atoms with E-state index in [4.69, 9.17) is 0 Å². The van der Waals surface area contributed by atoms with E-state index in [-0.39, 0.29) is 36.1 Å². The zero-order valence-electron chi connectivity index (χ0n) is 16.5. The summed E-state index contributed by atoms with van der Waals surface area (Å²) in [6.45, 7) is 0.748. The van der Waals surface area contributed by atoms with Crippen molar-refractivity contribution in [2.45, 2.75) is 18.9 Å². The largest absolute Gasteiger partial charge is 0.353 e. The highest BCUT2D eigenvalue weighted by molar-refractivity contribution is 8.18. The molecule has 0 radical (unpaired) electrons. The van der Waals surface area contributed by atoms with Crippen molar-refractivity contribution in [2.24, 2.45) is 0 Å². The number of pyridine rings is 1. The summed E-state index contributed by atoms with van der Waals surface area (Å²) >= 11 is 2.22. The van der Waals surface area contributed by atoms with E-state index < -0.39 is 6.04 Å². The van der Waals surface area contributed by atoms with Gasteiger partial charge in [0.05, 0.1) is 9.78 Å². The summed E-state index contributed by atoms with van der Waals surface area (Å²) in [6.07, 6.45) is 6.23. The van der Waals surface area contributed by atoms with Gasteiger partial charge in [-0.25, -0.2) is 0 Å². The first-order chi connectivity index (χ1) is 15.0. The molecule has 1 N–H and O–H groups in total. The molecule has 2 saturated heterocycles. The van der Waals surface area contributed by atoms with E-state index in [0.29, 0.717) is 22.7 Å². The SMILES string of the molecule is O=C(NCCN1C(=O)S/C(=C/c2cccnc2)C1=O)[C@@H]1CCCN1C(=O)c1cccs1. The molecule has 4 heterocycles. The second kappa shape index (κ2) is 9.44. The van der Waals surface area contributed by atoms with Crippen LogP contribution in [0.4, 0.5) is 4.79 Å². The number of imide groups is 1. The lowest BCUT2D eigenvalue weighted by atomic mass is 10.2. The topological polar surface area (TPSA) is 99.7 Å². The van der Waals surface area contributed by atoms with Gasteiger partial charge in [-0.15, -0.1) is 11.3 Å². The van der Waals surface area contributed by atoms with E-state index in [2.05, 4.69) is 10.3 Å². The van der Waals surface area contributed by atoms with E-state index in [1.165, 1.54) is 11.3 Å². The number of hydrogen-bond acceptors (Lipinski definition) is 7. The maximum Gasteiger partial charge on any atom is 0.293 e. The molecule has 10 heteroatoms. The Kier molecular flexibility index (Phi) is 6.47. The Hall–Kier alpha value is -2.98. The van der Waals surface area contributed by atoms with Crippen LogP contribution in [-0.2, 0) is 9.59 Å². The molecule has 1 atom stereocenters. The third-order valence-electron chi connectivity index (χ3n) is 5.04. The number of carbonyl (C=O) groups is 4. The second-order valence-electron chi connectivity index (χ2n) is 7.04. The number of rotatable bonds is 6. The van der Waals surface area contributed by atoms with Gasteiger partial charge in [-0.2, -0.15) is 0 Å². The molecule has 2 aromatic rings. The number of thioether (sulfide) groups is 1. The van der Waals surface area contributed by atoms with E-state index in [9.17, 15) is 19.2 Å². The molecule has 2 fully saturated rings. The van der Waals surface area contributed by atoms with Crippen LogP contribution in [0, 0.1) is 0 Å². The lowest BCUT2D eigenvalue weighted by Gasteiger charge is -2.23. The molecule has 4 amide bonds. The minimum atomic E-state index is -0.532. The van der Waals surface area contributed by atoms with E-state index in [1.807, 2.05) is 11.4 Å². The number of likely N-dealkylation sites (tertiary alicyclic amines) is 1. The van der Waals surface area contributed by atoms with Gasteiger partial charge < -0.3 is 10.2 Å². The first-order valence-electron chi connectivity index (χ1n) is 9.82. The van der Waals surface area contributed by atoms with Crippen molar-refractivity contribution in [3.63, 3.8) is 0 Å². The molecule has 2 aliphatic heterocycles. The summed E-state index contributed by atoms with van der Waals surface area (Å²) < 4.78 is 0. The predicted octanol–water partition coefficient (Wildman–Crippen LogP) is 2.60. The third kappa shape index (κ3) is 4.70. The van der Waals surface area contributed by atoms with Crippen molar-refractivity contribution in [3.05, 3.63) is 57.4 Å². The quantitative estimate of drug-likeness (QED) is 0.671. The Morgan fingerprint density at radius 3 is 2.87 bits per heavy atom. The summed E-state index contributed by atoms with van der Waals surface area (Å²) in [5.41, 5.74) is 0.734. The molecule has 4 rings (SSSR count). The molecule has 0 spiro atoms. The first-order valence-corrected chi connectivity index (χ1v) is 11.5. The Balaban J connectivity index is 1.32. The Bertz CT molecular complexity index is 1020. The van der Waals surface area contributed by atoms with Gasteiger partial charge in [-0.05, 0) is 53.8 Å². The Labute approximate surface area is 187 Å². The van der Waals surface area contributed by atoms with Crippen molar-refractivity contribution in [1.82, 2.24) is 20.1 Å². The van der Waals surface area contributed by atoms with Gasteiger partial charge in [-0.1, -0.05) is 12.1 Å². The maximum atomic E-state index is 12.7. The fourth-order valence-electron chi connectivity index (χ4n) is 3.54. The van der Waals surface area contributed by atoms with E-state index >= 15 is 0 Å². The van der Waals surface area contributed by atoms with Gasteiger partial charge in [0.1, 0.15) is 6.04 Å². The second-order valence-corrected chi connectivity index (χ2v) is 8.99. The van der Waals surface area contributed by atoms with Crippen LogP contribution in [0.5, 0.6) is 0 Å². The lowest BCUT2D eigenvalue weighted by molar-refractivity contribution is -0.126. The third-order valence-corrected chi connectivity index (χ3v) is 6.80. The number of nitrogens with one attached hydrogen (secondary N) is 1. The number of nitrogens with zero attached hydrogens (tertiary/aromatic N) is 3. The first kappa shape index (κ1) is 21.3. The zero-order valence-corrected chi connectivity index (χ0v) is 18.2. The molecular weight excluding hydrogens is 436 g/mol. The molecule has 0 saturated carbocycles. The molecule has 160 valence electrons. The summed E-state index contributed by atoms with van der Waals surface area (Å²) in [4.78, 5) is 57.7. The number of amides is 4. The van der Waals surface area contributed by atoms with Crippen LogP contribution in [0.3, 0.4) is 0 Å². The normalized spacial score (nSPS) is 20.0. The van der Waals surface area contributed by atoms with Gasteiger partial charge in [-0.3, -0.25) is 29.1 Å². The fraction of sp³-hybridized carbons (Fsp3) is 0.286. The number of thiophene rings is 1. The van der Waals surface area contributed by atoms with Crippen LogP contribution < -0.4 is 5.32 Å². The summed E-state index contributed by atoms with van der Waals surface area (Å²) in [7, 11) is 0. The number of hydrogen-bond donors (Lipinski definition) is 1. The van der Waals surface area contributed by atoms with Crippen LogP contribution in [-0.4, -0.2) is 63.4 Å². The highest BCUT2D eigenvalue weighted by atomic mass is 32.2. The van der Waals surface area contributed by atoms with E-state index in [0.717, 1.165) is 28.6 Å². The fourth-order valence-corrected chi connectivity index (χ4v) is 5.08. The number of carbonyl (C=O) groups excluding carboxylic acids is 4. The molecule has 0 bridgehead atoms. The minimum absolute atomic E-state index is 0.0758. The number of aromatic nitrogens is 1. The van der Waals surface area contributed by atoms with Crippen molar-refractivity contribution < 1.29 is 19.2 Å². The van der Waals surface area contributed by atoms with Gasteiger partial charge in [0, 0.05) is 32.0 Å². The van der Waals surface area contributed by atoms with Crippen molar-refractivity contribution in [1.29, 1.82) is 0 Å². The van der Waals surface area contributed by atoms with Gasteiger partial charge in [0.15, 0.2) is 0 Å².